The topological polar surface area (TPSA) is 54.4 Å². The van der Waals surface area contributed by atoms with E-state index in [2.05, 4.69) is 0 Å². The van der Waals surface area contributed by atoms with Crippen molar-refractivity contribution in [3.8, 4) is 0 Å². The molecule has 0 spiro atoms. The summed E-state index contributed by atoms with van der Waals surface area (Å²) in [5.74, 6) is -2.20. The van der Waals surface area contributed by atoms with Crippen LogP contribution in [0.25, 0.3) is 0 Å². The summed E-state index contributed by atoms with van der Waals surface area (Å²) in [5.41, 5.74) is 0. The van der Waals surface area contributed by atoms with E-state index in [0.717, 1.165) is 6.92 Å². The second kappa shape index (κ2) is 3.84. The Morgan fingerprint density at radius 3 is 1.57 bits per heavy atom. The van der Waals surface area contributed by atoms with Crippen molar-refractivity contribution in [3.05, 3.63) is 0 Å². The fourth-order valence-corrected chi connectivity index (χ4v) is 0. The maximum atomic E-state index is 9.54. The van der Waals surface area contributed by atoms with Crippen LogP contribution >= 0.6 is 0 Å². The zero-order valence-electron chi connectivity index (χ0n) is 3.62. The summed E-state index contributed by atoms with van der Waals surface area (Å²) in [6.07, 6.45) is 0. The van der Waals surface area contributed by atoms with Gasteiger partial charge in [0.25, 0.3) is 0 Å². The van der Waals surface area contributed by atoms with E-state index in [0.29, 0.717) is 0 Å². The first-order valence-corrected chi connectivity index (χ1v) is 1.38. The monoisotopic (exact) mass is 144 g/mol. The van der Waals surface area contributed by atoms with Gasteiger partial charge in [-0.25, -0.2) is 4.79 Å². The second-order valence-electron chi connectivity index (χ2n) is 0.861. The van der Waals surface area contributed by atoms with E-state index in [1.54, 1.807) is 0 Å². The van der Waals surface area contributed by atoms with Crippen LogP contribution < -0.4 is 0 Å². The molecule has 0 saturated heterocycles. The van der Waals surface area contributed by atoms with E-state index in [1.807, 2.05) is 0 Å². The van der Waals surface area contributed by atoms with Gasteiger partial charge < -0.3 is 5.11 Å². The van der Waals surface area contributed by atoms with Crippen LogP contribution in [0.2, 0.25) is 0 Å². The van der Waals surface area contributed by atoms with Gasteiger partial charge in [0.05, 0.1) is 0 Å². The third kappa shape index (κ3) is 5.66. The maximum Gasteiger partial charge on any atom is 0.371 e. The fraction of sp³-hybridized carbons (Fsp3) is 0.333. The summed E-state index contributed by atoms with van der Waals surface area (Å²) in [5, 5.41) is 7.64. The van der Waals surface area contributed by atoms with Crippen molar-refractivity contribution in [2.24, 2.45) is 0 Å². The molecular weight excluding hydrogens is 140 g/mol. The number of carboxylic acid groups (broad SMARTS) is 1. The van der Waals surface area contributed by atoms with Gasteiger partial charge in [0.2, 0.25) is 5.78 Å². The minimum Gasteiger partial charge on any atom is -0.476 e. The van der Waals surface area contributed by atoms with Gasteiger partial charge >= 0.3 is 5.97 Å². The number of rotatable bonds is 1. The van der Waals surface area contributed by atoms with E-state index < -0.39 is 11.8 Å². The molecule has 0 bridgehead atoms. The standard InChI is InChI=1S/C3H4O3.Fe/c1-2(4)3(5)6;/h1H3,(H,5,6);. The van der Waals surface area contributed by atoms with E-state index >= 15 is 0 Å². The van der Waals surface area contributed by atoms with Crippen LogP contribution in [0.5, 0.6) is 0 Å². The predicted octanol–water partition coefficient (Wildman–Crippen LogP) is -0.343. The molecule has 4 heteroatoms. The molecule has 0 atom stereocenters. The Bertz CT molecular complexity index is 76.2. The third-order valence-corrected chi connectivity index (χ3v) is 0.301. The zero-order valence-corrected chi connectivity index (χ0v) is 4.72. The van der Waals surface area contributed by atoms with Gasteiger partial charge in [0, 0.05) is 24.0 Å². The largest absolute Gasteiger partial charge is 0.476 e. The summed E-state index contributed by atoms with van der Waals surface area (Å²) in [7, 11) is 0. The first kappa shape index (κ1) is 9.82. The molecular formula is C3H4FeO3. The summed E-state index contributed by atoms with van der Waals surface area (Å²) in [6, 6.07) is 0. The van der Waals surface area contributed by atoms with Crippen molar-refractivity contribution >= 4 is 11.8 Å². The smallest absolute Gasteiger partial charge is 0.371 e. The number of carbonyl (C=O) groups excluding carboxylic acids is 1. The molecule has 0 aliphatic rings. The molecule has 0 aromatic rings. The van der Waals surface area contributed by atoms with Crippen LogP contribution in [0.1, 0.15) is 6.92 Å². The third-order valence-electron chi connectivity index (χ3n) is 0.301. The Labute approximate surface area is 51.2 Å². The number of hydrogen-bond acceptors (Lipinski definition) is 2. The van der Waals surface area contributed by atoms with Crippen molar-refractivity contribution in [2.75, 3.05) is 0 Å². The molecule has 0 rings (SSSR count). The second-order valence-corrected chi connectivity index (χ2v) is 0.861. The minimum atomic E-state index is -1.38. The molecule has 0 radical (unpaired) electrons. The van der Waals surface area contributed by atoms with Gasteiger partial charge in [-0.2, -0.15) is 0 Å². The number of carbonyl (C=O) groups is 2. The summed E-state index contributed by atoms with van der Waals surface area (Å²) >= 11 is 0. The quantitative estimate of drug-likeness (QED) is 0.404. The Morgan fingerprint density at radius 2 is 1.57 bits per heavy atom. The average molecular weight is 144 g/mol. The van der Waals surface area contributed by atoms with Crippen LogP contribution in [0.4, 0.5) is 0 Å². The average Bonchev–Trinajstić information content (AvgIpc) is 1.36. The van der Waals surface area contributed by atoms with Gasteiger partial charge in [-0.05, 0) is 0 Å². The molecule has 0 aromatic heterocycles. The van der Waals surface area contributed by atoms with Gasteiger partial charge in [-0.15, -0.1) is 0 Å². The fourth-order valence-electron chi connectivity index (χ4n) is 0. The molecule has 0 unspecified atom stereocenters. The van der Waals surface area contributed by atoms with Crippen LogP contribution in [0, 0.1) is 0 Å². The zero-order chi connectivity index (χ0) is 5.15. The molecule has 0 heterocycles. The molecule has 0 aromatic carbocycles. The normalized spacial score (nSPS) is 6.43. The van der Waals surface area contributed by atoms with Gasteiger partial charge in [0.1, 0.15) is 0 Å². The molecule has 0 fully saturated rings. The molecule has 0 saturated carbocycles. The first-order chi connectivity index (χ1) is 2.64. The first-order valence-electron chi connectivity index (χ1n) is 1.38. The Hall–Kier alpha value is -0.341. The Kier molecular flexibility index (Phi) is 5.38. The van der Waals surface area contributed by atoms with Gasteiger partial charge in [-0.1, -0.05) is 0 Å². The molecule has 42 valence electrons. The number of Topliss-reactive ketones (excluding diaryl/α,β-unsaturated/α-hetero) is 1. The number of ketones is 1. The maximum absolute atomic E-state index is 9.54. The molecule has 7 heavy (non-hydrogen) atoms. The SMILES string of the molecule is CC(=O)C(=O)O.[Fe]. The molecule has 0 aliphatic heterocycles. The molecule has 3 nitrogen and oxygen atoms in total. The van der Waals surface area contributed by atoms with Crippen LogP contribution in [0.3, 0.4) is 0 Å². The van der Waals surface area contributed by atoms with Crippen LogP contribution in [-0.4, -0.2) is 16.9 Å². The van der Waals surface area contributed by atoms with E-state index in [-0.39, 0.29) is 17.1 Å². The molecule has 0 aliphatic carbocycles. The Morgan fingerprint density at radius 1 is 1.43 bits per heavy atom. The van der Waals surface area contributed by atoms with Crippen molar-refractivity contribution in [3.63, 3.8) is 0 Å². The van der Waals surface area contributed by atoms with Gasteiger partial charge in [0.15, 0.2) is 0 Å². The van der Waals surface area contributed by atoms with Crippen LogP contribution in [-0.2, 0) is 26.7 Å². The van der Waals surface area contributed by atoms with Crippen molar-refractivity contribution in [1.29, 1.82) is 0 Å². The molecule has 1 N–H and O–H groups in total. The van der Waals surface area contributed by atoms with E-state index in [9.17, 15) is 9.59 Å². The minimum absolute atomic E-state index is 0. The predicted molar refractivity (Wildman–Crippen MR) is 18.3 cm³/mol. The molecule has 0 amide bonds. The summed E-state index contributed by atoms with van der Waals surface area (Å²) in [6.45, 7) is 1.00. The van der Waals surface area contributed by atoms with Crippen molar-refractivity contribution in [2.45, 2.75) is 6.92 Å². The summed E-state index contributed by atoms with van der Waals surface area (Å²) < 4.78 is 0. The van der Waals surface area contributed by atoms with E-state index in [4.69, 9.17) is 5.11 Å². The number of hydrogen-bond donors (Lipinski definition) is 1. The summed E-state index contributed by atoms with van der Waals surface area (Å²) in [4.78, 5) is 18.9. The number of aliphatic carboxylic acids is 1. The van der Waals surface area contributed by atoms with Crippen molar-refractivity contribution < 1.29 is 31.8 Å². The van der Waals surface area contributed by atoms with E-state index in [1.165, 1.54) is 0 Å². The van der Waals surface area contributed by atoms with Crippen molar-refractivity contribution in [1.82, 2.24) is 0 Å². The Balaban J connectivity index is 0. The van der Waals surface area contributed by atoms with Crippen LogP contribution in [0.15, 0.2) is 0 Å². The number of carboxylic acids is 1. The van der Waals surface area contributed by atoms with Gasteiger partial charge in [-0.3, -0.25) is 4.79 Å².